The van der Waals surface area contributed by atoms with Crippen LogP contribution in [-0.4, -0.2) is 71.5 Å². The highest BCUT2D eigenvalue weighted by molar-refractivity contribution is 7.65. The fourth-order valence-corrected chi connectivity index (χ4v) is 7.22. The molecule has 2 aromatic heterocycles. The Bertz CT molecular complexity index is 1390. The van der Waals surface area contributed by atoms with Crippen LogP contribution in [0.5, 0.6) is 0 Å². The van der Waals surface area contributed by atoms with Gasteiger partial charge in [0, 0.05) is 48.7 Å². The predicted octanol–water partition coefficient (Wildman–Crippen LogP) is 6.74. The zero-order valence-electron chi connectivity index (χ0n) is 24.3. The van der Waals surface area contributed by atoms with E-state index in [4.69, 9.17) is 9.90 Å². The van der Waals surface area contributed by atoms with Gasteiger partial charge in [-0.15, -0.1) is 0 Å². The molecule has 0 aliphatic carbocycles. The maximum Gasteiger partial charge on any atom is 0.300 e. The molecule has 0 atom stereocenters. The molecule has 7 nitrogen and oxygen atoms in total. The van der Waals surface area contributed by atoms with Gasteiger partial charge in [-0.3, -0.25) is 4.79 Å². The van der Waals surface area contributed by atoms with E-state index in [1.807, 2.05) is 6.20 Å². The van der Waals surface area contributed by atoms with Gasteiger partial charge in [0.2, 0.25) is 0 Å². The Kier molecular flexibility index (Phi) is 10.2. The highest BCUT2D eigenvalue weighted by atomic mass is 31.1. The van der Waals surface area contributed by atoms with Crippen molar-refractivity contribution in [1.82, 2.24) is 14.9 Å². The van der Waals surface area contributed by atoms with Gasteiger partial charge in [-0.2, -0.15) is 0 Å². The number of hydrogen-bond acceptors (Lipinski definition) is 5. The lowest BCUT2D eigenvalue weighted by molar-refractivity contribution is -0.134. The summed E-state index contributed by atoms with van der Waals surface area (Å²) in [7, 11) is 4.30. The number of benzene rings is 2. The first-order chi connectivity index (χ1) is 19.3. The Balaban J connectivity index is 0.000000867. The lowest BCUT2D eigenvalue weighted by atomic mass is 10.0. The number of aromatic amines is 1. The number of nitrogens with one attached hydrogen (secondary N) is 2. The van der Waals surface area contributed by atoms with Gasteiger partial charge in [0.05, 0.1) is 5.69 Å². The van der Waals surface area contributed by atoms with Crippen LogP contribution in [0.3, 0.4) is 0 Å². The normalized spacial score (nSPS) is 14.2. The van der Waals surface area contributed by atoms with E-state index in [9.17, 15) is 0 Å². The molecule has 0 bridgehead atoms. The topological polar surface area (TPSA) is 84.5 Å². The van der Waals surface area contributed by atoms with E-state index in [1.54, 1.807) is 0 Å². The molecule has 1 aliphatic heterocycles. The fourth-order valence-electron chi connectivity index (χ4n) is 5.33. The number of rotatable bonds is 8. The number of nitrogens with zero attached hydrogens (tertiary/aromatic N) is 3. The average molecular weight is 560 g/mol. The third kappa shape index (κ3) is 7.21. The van der Waals surface area contributed by atoms with Crippen molar-refractivity contribution in [2.75, 3.05) is 49.7 Å². The van der Waals surface area contributed by atoms with Crippen LogP contribution in [-0.2, 0) is 4.79 Å². The Labute approximate surface area is 239 Å². The second-order valence-corrected chi connectivity index (χ2v) is 13.2. The number of hydrogen-bond donors (Lipinski definition) is 3. The summed E-state index contributed by atoms with van der Waals surface area (Å²) in [6.45, 7) is 8.03. The van der Waals surface area contributed by atoms with Gasteiger partial charge in [0.25, 0.3) is 5.97 Å². The molecule has 0 spiro atoms. The molecule has 40 heavy (non-hydrogen) atoms. The smallest absolute Gasteiger partial charge is 0.300 e. The number of aliphatic carboxylic acids is 1. The quantitative estimate of drug-likeness (QED) is 0.207. The van der Waals surface area contributed by atoms with Gasteiger partial charge in [-0.1, -0.05) is 52.1 Å². The van der Waals surface area contributed by atoms with Gasteiger partial charge in [0.1, 0.15) is 5.65 Å². The average Bonchev–Trinajstić information content (AvgIpc) is 3.40. The molecule has 8 heteroatoms. The number of carbonyl (C=O) groups is 1. The lowest BCUT2D eigenvalue weighted by Gasteiger charge is -2.36. The van der Waals surface area contributed by atoms with E-state index in [-0.39, 0.29) is 7.92 Å². The number of anilines is 3. The van der Waals surface area contributed by atoms with Gasteiger partial charge in [0.15, 0.2) is 0 Å². The molecule has 1 aliphatic rings. The molecule has 2 aromatic carbocycles. The number of likely N-dealkylation sites (tertiary alicyclic amines) is 1. The predicted molar refractivity (Wildman–Crippen MR) is 171 cm³/mol. The molecule has 212 valence electrons. The summed E-state index contributed by atoms with van der Waals surface area (Å²) in [5.41, 5.74) is 6.77. The second-order valence-electron chi connectivity index (χ2n) is 10.3. The summed E-state index contributed by atoms with van der Waals surface area (Å²) in [6, 6.07) is 22.6. The first-order valence-corrected chi connectivity index (χ1v) is 15.8. The van der Waals surface area contributed by atoms with Crippen molar-refractivity contribution in [1.29, 1.82) is 0 Å². The first-order valence-electron chi connectivity index (χ1n) is 14.1. The summed E-state index contributed by atoms with van der Waals surface area (Å²) in [4.78, 5) is 22.0. The molecule has 4 aromatic rings. The Morgan fingerprint density at radius 3 is 2.38 bits per heavy atom. The molecule has 0 saturated carbocycles. The summed E-state index contributed by atoms with van der Waals surface area (Å²) < 4.78 is 0. The fraction of sp³-hybridized carbons (Fsp3) is 0.375. The van der Waals surface area contributed by atoms with Crippen molar-refractivity contribution in [2.24, 2.45) is 0 Å². The summed E-state index contributed by atoms with van der Waals surface area (Å²) in [6.07, 6.45) is 6.73. The monoisotopic (exact) mass is 559 g/mol. The number of aromatic nitrogens is 2. The van der Waals surface area contributed by atoms with Crippen molar-refractivity contribution in [2.45, 2.75) is 39.7 Å². The number of pyridine rings is 1. The maximum absolute atomic E-state index is 9.00. The first kappa shape index (κ1) is 29.6. The van der Waals surface area contributed by atoms with Crippen LogP contribution < -0.4 is 15.5 Å². The van der Waals surface area contributed by atoms with E-state index >= 15 is 0 Å². The summed E-state index contributed by atoms with van der Waals surface area (Å²) >= 11 is 0. The third-order valence-electron chi connectivity index (χ3n) is 7.63. The molecule has 0 radical (unpaired) electrons. The van der Waals surface area contributed by atoms with E-state index in [0.29, 0.717) is 6.04 Å². The van der Waals surface area contributed by atoms with Gasteiger partial charge in [-0.05, 0) is 86.5 Å². The van der Waals surface area contributed by atoms with Crippen LogP contribution in [0.4, 0.5) is 17.1 Å². The molecule has 3 heterocycles. The summed E-state index contributed by atoms with van der Waals surface area (Å²) in [5, 5.41) is 13.7. The molecule has 1 fully saturated rings. The number of fused-ring (bicyclic) bond motifs is 1. The van der Waals surface area contributed by atoms with Crippen LogP contribution in [0, 0.1) is 0 Å². The molecule has 5 rings (SSSR count). The number of H-pyrrole nitrogens is 1. The number of piperidine rings is 1. The molecular weight excluding hydrogens is 517 g/mol. The molecule has 1 saturated heterocycles. The molecule has 0 unspecified atom stereocenters. The van der Waals surface area contributed by atoms with Crippen LogP contribution in [0.2, 0.25) is 0 Å². The Hall–Kier alpha value is -3.41. The van der Waals surface area contributed by atoms with E-state index in [1.165, 1.54) is 60.5 Å². The van der Waals surface area contributed by atoms with Crippen molar-refractivity contribution in [3.05, 3.63) is 66.9 Å². The molecular formula is C32H42N5O2P. The lowest BCUT2D eigenvalue weighted by Crippen LogP contribution is -2.41. The van der Waals surface area contributed by atoms with Crippen LogP contribution in [0.1, 0.15) is 33.6 Å². The van der Waals surface area contributed by atoms with Crippen molar-refractivity contribution >= 4 is 47.3 Å². The summed E-state index contributed by atoms with van der Waals surface area (Å²) in [5.74, 6) is -0.833. The minimum Gasteiger partial charge on any atom is -0.481 e. The Morgan fingerprint density at radius 2 is 1.73 bits per heavy atom. The van der Waals surface area contributed by atoms with E-state index in [2.05, 4.69) is 114 Å². The molecule has 3 N–H and O–H groups in total. The zero-order valence-corrected chi connectivity index (χ0v) is 25.2. The van der Waals surface area contributed by atoms with Crippen LogP contribution >= 0.6 is 7.92 Å². The standard InChI is InChI=1S/C30H38N5P.C2H4O2/c1-5-36(6-2)29-10-8-7-9-27(29)32-26-15-18-31-30-25(26)21-28(33-30)22-11-13-23(14-12-22)35(4)24-16-19-34(3)20-17-24;1-2(3)4/h7-15,18,21,24H,5-6,16-17,19-20H2,1-4H3,(H2,31,32,33);1H3,(H,3,4). The second kappa shape index (κ2) is 13.8. The van der Waals surface area contributed by atoms with E-state index in [0.717, 1.165) is 29.3 Å². The van der Waals surface area contributed by atoms with Crippen LogP contribution in [0.25, 0.3) is 22.3 Å². The minimum atomic E-state index is -0.833. The largest absolute Gasteiger partial charge is 0.481 e. The van der Waals surface area contributed by atoms with E-state index < -0.39 is 5.97 Å². The highest BCUT2D eigenvalue weighted by Gasteiger charge is 2.21. The van der Waals surface area contributed by atoms with Crippen molar-refractivity contribution in [3.8, 4) is 11.3 Å². The van der Waals surface area contributed by atoms with Crippen molar-refractivity contribution < 1.29 is 9.90 Å². The maximum atomic E-state index is 9.00. The zero-order chi connectivity index (χ0) is 28.6. The van der Waals surface area contributed by atoms with Gasteiger partial charge < -0.3 is 25.2 Å². The number of para-hydroxylation sites is 1. The molecule has 0 amide bonds. The Morgan fingerprint density at radius 1 is 1.07 bits per heavy atom. The third-order valence-corrected chi connectivity index (χ3v) is 10.2. The van der Waals surface area contributed by atoms with Gasteiger partial charge >= 0.3 is 0 Å². The van der Waals surface area contributed by atoms with Crippen molar-refractivity contribution in [3.63, 3.8) is 0 Å². The van der Waals surface area contributed by atoms with Crippen LogP contribution in [0.15, 0.2) is 66.9 Å². The van der Waals surface area contributed by atoms with Gasteiger partial charge in [-0.25, -0.2) is 4.98 Å². The number of carboxylic acid groups (broad SMARTS) is 1. The number of carboxylic acids is 1. The minimum absolute atomic E-state index is 0.151. The highest BCUT2D eigenvalue weighted by Crippen LogP contribution is 2.38. The SMILES string of the molecule is CC(=O)O.CCP(CC)c1ccccc1Nc1ccnc2[nH]c(-c3ccc(N(C)C4CCN(C)CC4)cc3)cc12.